The van der Waals surface area contributed by atoms with Gasteiger partial charge in [0.15, 0.2) is 0 Å². The third kappa shape index (κ3) is 1.41. The molecule has 0 aromatic heterocycles. The predicted octanol–water partition coefficient (Wildman–Crippen LogP) is 2.34. The van der Waals surface area contributed by atoms with Crippen LogP contribution in [-0.4, -0.2) is 24.8 Å². The maximum absolute atomic E-state index is 9.24. The number of hydrogen-bond donors (Lipinski definition) is 0. The minimum atomic E-state index is -0.0916. The smallest absolute Gasteiger partial charge is 0.101 e. The van der Waals surface area contributed by atoms with Gasteiger partial charge in [-0.2, -0.15) is 5.26 Å². The van der Waals surface area contributed by atoms with Crippen molar-refractivity contribution in [2.24, 2.45) is 11.8 Å². The zero-order chi connectivity index (χ0) is 13.0. The molecule has 3 aliphatic rings. The van der Waals surface area contributed by atoms with Gasteiger partial charge in [-0.15, -0.1) is 0 Å². The van der Waals surface area contributed by atoms with Crippen molar-refractivity contribution in [3.8, 4) is 6.07 Å². The van der Waals surface area contributed by atoms with E-state index in [-0.39, 0.29) is 11.7 Å². The summed E-state index contributed by atoms with van der Waals surface area (Å²) < 4.78 is 6.06. The van der Waals surface area contributed by atoms with Crippen LogP contribution < -0.4 is 4.90 Å². The van der Waals surface area contributed by atoms with E-state index in [1.165, 1.54) is 0 Å². The summed E-state index contributed by atoms with van der Waals surface area (Å²) >= 11 is 0. The van der Waals surface area contributed by atoms with Gasteiger partial charge in [-0.1, -0.05) is 24.3 Å². The normalized spacial score (nSPS) is 38.5. The number of rotatable bonds is 1. The van der Waals surface area contributed by atoms with Gasteiger partial charge < -0.3 is 9.64 Å². The zero-order valence-electron chi connectivity index (χ0n) is 10.9. The molecule has 3 nitrogen and oxygen atoms in total. The Balaban J connectivity index is 1.67. The standard InChI is InChI=1S/C16H16N2O/c1-16-7-6-15(19-16)12-9-18(10-13(12)16)14-5-3-2-4-11(14)8-17/h2-7,12-13,15H,9-10H2,1H3. The van der Waals surface area contributed by atoms with Crippen LogP contribution in [0.5, 0.6) is 0 Å². The number of benzene rings is 1. The van der Waals surface area contributed by atoms with Crippen LogP contribution in [-0.2, 0) is 4.74 Å². The van der Waals surface area contributed by atoms with Crippen molar-refractivity contribution in [3.05, 3.63) is 42.0 Å². The number of ether oxygens (including phenoxy) is 1. The van der Waals surface area contributed by atoms with Gasteiger partial charge >= 0.3 is 0 Å². The predicted molar refractivity (Wildman–Crippen MR) is 72.8 cm³/mol. The average Bonchev–Trinajstić information content (AvgIpc) is 3.08. The molecule has 2 bridgehead atoms. The van der Waals surface area contributed by atoms with Crippen LogP contribution in [0.25, 0.3) is 0 Å². The fourth-order valence-electron chi connectivity index (χ4n) is 3.91. The first kappa shape index (κ1) is 11.1. The van der Waals surface area contributed by atoms with Gasteiger partial charge in [0.25, 0.3) is 0 Å². The van der Waals surface area contributed by atoms with Crippen molar-refractivity contribution in [1.29, 1.82) is 5.26 Å². The molecule has 1 aromatic carbocycles. The largest absolute Gasteiger partial charge is 0.370 e. The van der Waals surface area contributed by atoms with E-state index in [4.69, 9.17) is 4.74 Å². The number of nitrogens with zero attached hydrogens (tertiary/aromatic N) is 2. The molecule has 4 rings (SSSR count). The first-order chi connectivity index (χ1) is 9.21. The molecular formula is C16H16N2O. The first-order valence-electron chi connectivity index (χ1n) is 6.82. The molecule has 4 unspecified atom stereocenters. The van der Waals surface area contributed by atoms with Crippen molar-refractivity contribution in [3.63, 3.8) is 0 Å². The highest BCUT2D eigenvalue weighted by Gasteiger charge is 2.57. The highest BCUT2D eigenvalue weighted by molar-refractivity contribution is 5.60. The Morgan fingerprint density at radius 2 is 2.21 bits per heavy atom. The number of fused-ring (bicyclic) bond motifs is 5. The van der Waals surface area contributed by atoms with E-state index < -0.39 is 0 Å². The molecule has 19 heavy (non-hydrogen) atoms. The highest BCUT2D eigenvalue weighted by Crippen LogP contribution is 2.51. The number of nitriles is 1. The van der Waals surface area contributed by atoms with Crippen LogP contribution in [0.15, 0.2) is 36.4 Å². The molecule has 0 saturated carbocycles. The average molecular weight is 252 g/mol. The van der Waals surface area contributed by atoms with Crippen LogP contribution in [0.2, 0.25) is 0 Å². The van der Waals surface area contributed by atoms with E-state index >= 15 is 0 Å². The Bertz CT molecular complexity index is 603. The fourth-order valence-corrected chi connectivity index (χ4v) is 3.91. The van der Waals surface area contributed by atoms with E-state index in [2.05, 4.69) is 36.1 Å². The molecule has 3 aliphatic heterocycles. The number of anilines is 1. The fraction of sp³-hybridized carbons (Fsp3) is 0.438. The minimum absolute atomic E-state index is 0.0916. The highest BCUT2D eigenvalue weighted by atomic mass is 16.5. The summed E-state index contributed by atoms with van der Waals surface area (Å²) in [6.07, 6.45) is 4.70. The molecule has 3 heterocycles. The molecule has 3 heteroatoms. The molecule has 1 aromatic rings. The number of hydrogen-bond acceptors (Lipinski definition) is 3. The zero-order valence-corrected chi connectivity index (χ0v) is 10.9. The van der Waals surface area contributed by atoms with Crippen molar-refractivity contribution in [1.82, 2.24) is 0 Å². The van der Waals surface area contributed by atoms with Gasteiger partial charge in [0.05, 0.1) is 23.0 Å². The lowest BCUT2D eigenvalue weighted by molar-refractivity contribution is 0.0256. The topological polar surface area (TPSA) is 36.3 Å². The van der Waals surface area contributed by atoms with E-state index in [1.807, 2.05) is 18.2 Å². The molecule has 0 radical (unpaired) electrons. The summed E-state index contributed by atoms with van der Waals surface area (Å²) in [5, 5.41) is 9.24. The van der Waals surface area contributed by atoms with Crippen LogP contribution in [0.1, 0.15) is 12.5 Å². The van der Waals surface area contributed by atoms with Gasteiger partial charge in [0.2, 0.25) is 0 Å². The lowest BCUT2D eigenvalue weighted by Gasteiger charge is -2.26. The molecule has 0 aliphatic carbocycles. The Labute approximate surface area is 113 Å². The van der Waals surface area contributed by atoms with Crippen molar-refractivity contribution in [2.45, 2.75) is 18.6 Å². The van der Waals surface area contributed by atoms with Crippen LogP contribution >= 0.6 is 0 Å². The van der Waals surface area contributed by atoms with Gasteiger partial charge in [-0.3, -0.25) is 0 Å². The number of para-hydroxylation sites is 1. The van der Waals surface area contributed by atoms with Crippen LogP contribution in [0.3, 0.4) is 0 Å². The molecule has 0 spiro atoms. The summed E-state index contributed by atoms with van der Waals surface area (Å²) in [5.41, 5.74) is 1.75. The van der Waals surface area contributed by atoms with Crippen molar-refractivity contribution in [2.75, 3.05) is 18.0 Å². The third-order valence-electron chi connectivity index (χ3n) is 4.90. The summed E-state index contributed by atoms with van der Waals surface area (Å²) in [5.74, 6) is 1.12. The SMILES string of the molecule is CC12C=CC(O1)C1CN(c3ccccc3C#N)CC12. The Morgan fingerprint density at radius 1 is 1.37 bits per heavy atom. The monoisotopic (exact) mass is 252 g/mol. The molecule has 0 amide bonds. The quantitative estimate of drug-likeness (QED) is 0.720. The molecule has 4 atom stereocenters. The van der Waals surface area contributed by atoms with Gasteiger partial charge in [0, 0.05) is 24.9 Å². The van der Waals surface area contributed by atoms with E-state index in [0.29, 0.717) is 11.8 Å². The second-order valence-electron chi connectivity index (χ2n) is 5.93. The summed E-state index contributed by atoms with van der Waals surface area (Å²) in [6, 6.07) is 10.2. The second kappa shape index (κ2) is 3.61. The summed E-state index contributed by atoms with van der Waals surface area (Å²) in [7, 11) is 0. The van der Waals surface area contributed by atoms with Crippen molar-refractivity contribution >= 4 is 5.69 Å². The molecular weight excluding hydrogens is 236 g/mol. The third-order valence-corrected chi connectivity index (χ3v) is 4.90. The maximum Gasteiger partial charge on any atom is 0.101 e. The lowest BCUT2D eigenvalue weighted by atomic mass is 9.79. The first-order valence-corrected chi connectivity index (χ1v) is 6.82. The van der Waals surface area contributed by atoms with E-state index in [9.17, 15) is 5.26 Å². The maximum atomic E-state index is 9.24. The molecule has 0 N–H and O–H groups in total. The van der Waals surface area contributed by atoms with Gasteiger partial charge in [-0.05, 0) is 19.1 Å². The Kier molecular flexibility index (Phi) is 2.11. The summed E-state index contributed by atoms with van der Waals surface area (Å²) in [4.78, 5) is 2.36. The van der Waals surface area contributed by atoms with Crippen molar-refractivity contribution < 1.29 is 4.74 Å². The molecule has 2 fully saturated rings. The van der Waals surface area contributed by atoms with Crippen LogP contribution in [0.4, 0.5) is 5.69 Å². The molecule has 2 saturated heterocycles. The van der Waals surface area contributed by atoms with Crippen LogP contribution in [0, 0.1) is 23.2 Å². The summed E-state index contributed by atoms with van der Waals surface area (Å²) in [6.45, 7) is 4.17. The van der Waals surface area contributed by atoms with Gasteiger partial charge in [-0.25, -0.2) is 0 Å². The minimum Gasteiger partial charge on any atom is -0.370 e. The Morgan fingerprint density at radius 3 is 3.00 bits per heavy atom. The lowest BCUT2D eigenvalue weighted by Crippen LogP contribution is -2.33. The van der Waals surface area contributed by atoms with Gasteiger partial charge in [0.1, 0.15) is 6.07 Å². The van der Waals surface area contributed by atoms with E-state index in [0.717, 1.165) is 24.3 Å². The molecule has 96 valence electrons. The Hall–Kier alpha value is -1.79. The second-order valence-corrected chi connectivity index (χ2v) is 5.93. The van der Waals surface area contributed by atoms with E-state index in [1.54, 1.807) is 0 Å².